The van der Waals surface area contributed by atoms with Crippen molar-refractivity contribution in [1.29, 1.82) is 0 Å². The number of piperidine rings is 1. The number of nitrogens with zero attached hydrogens (tertiary/aromatic N) is 1. The van der Waals surface area contributed by atoms with E-state index < -0.39 is 0 Å². The minimum Gasteiger partial charge on any atom is -0.316 e. The Kier molecular flexibility index (Phi) is 5.34. The number of aryl methyl sites for hydroxylation is 1. The van der Waals surface area contributed by atoms with Gasteiger partial charge in [-0.2, -0.15) is 0 Å². The van der Waals surface area contributed by atoms with E-state index in [0.29, 0.717) is 5.92 Å². The van der Waals surface area contributed by atoms with Gasteiger partial charge in [0.2, 0.25) is 0 Å². The second-order valence-corrected chi connectivity index (χ2v) is 5.63. The summed E-state index contributed by atoms with van der Waals surface area (Å²) in [6, 6.07) is 5.39. The number of hydrogen-bond donors (Lipinski definition) is 1. The summed E-state index contributed by atoms with van der Waals surface area (Å²) in [5.74, 6) is 0.632. The second-order valence-electron chi connectivity index (χ2n) is 5.63. The molecule has 0 spiro atoms. The van der Waals surface area contributed by atoms with E-state index in [2.05, 4.69) is 17.1 Å². The molecule has 2 rings (SSSR count). The second kappa shape index (κ2) is 7.01. The smallest absolute Gasteiger partial charge is 0.127 e. The molecule has 1 aliphatic heterocycles. The highest BCUT2D eigenvalue weighted by Gasteiger charge is 2.17. The topological polar surface area (TPSA) is 15.3 Å². The summed E-state index contributed by atoms with van der Waals surface area (Å²) in [7, 11) is 0. The Balaban J connectivity index is 1.95. The van der Waals surface area contributed by atoms with Gasteiger partial charge >= 0.3 is 0 Å². The largest absolute Gasteiger partial charge is 0.316 e. The number of rotatable bonds is 5. The van der Waals surface area contributed by atoms with Gasteiger partial charge in [-0.15, -0.1) is 0 Å². The monoisotopic (exact) mass is 264 g/mol. The molecule has 106 valence electrons. The maximum absolute atomic E-state index is 13.8. The standard InChI is InChI=1S/C16H25FN2/c1-3-19(11-14-5-4-8-18-10-14)12-15-9-13(2)6-7-16(15)17/h6-7,9,14,18H,3-5,8,10-12H2,1-2H3. The average molecular weight is 264 g/mol. The van der Waals surface area contributed by atoms with Gasteiger partial charge in [-0.1, -0.05) is 24.6 Å². The van der Waals surface area contributed by atoms with Crippen LogP contribution in [0.5, 0.6) is 0 Å². The van der Waals surface area contributed by atoms with E-state index in [9.17, 15) is 4.39 Å². The van der Waals surface area contributed by atoms with Gasteiger partial charge in [0.15, 0.2) is 0 Å². The molecule has 1 aromatic rings. The van der Waals surface area contributed by atoms with E-state index in [1.54, 1.807) is 6.07 Å². The Bertz CT molecular complexity index is 400. The molecule has 1 saturated heterocycles. The number of benzene rings is 1. The van der Waals surface area contributed by atoms with Crippen LogP contribution in [0.4, 0.5) is 4.39 Å². The van der Waals surface area contributed by atoms with Crippen molar-refractivity contribution in [2.24, 2.45) is 5.92 Å². The third-order valence-electron chi connectivity index (χ3n) is 3.96. The van der Waals surface area contributed by atoms with Crippen LogP contribution in [0.1, 0.15) is 30.9 Å². The molecule has 1 unspecified atom stereocenters. The Morgan fingerprint density at radius 2 is 2.26 bits per heavy atom. The van der Waals surface area contributed by atoms with Gasteiger partial charge in [0.1, 0.15) is 5.82 Å². The highest BCUT2D eigenvalue weighted by Crippen LogP contribution is 2.16. The number of halogens is 1. The molecule has 0 amide bonds. The molecule has 0 aromatic heterocycles. The first-order valence-electron chi connectivity index (χ1n) is 7.37. The van der Waals surface area contributed by atoms with Gasteiger partial charge in [0, 0.05) is 18.7 Å². The van der Waals surface area contributed by atoms with Crippen LogP contribution in [0, 0.1) is 18.7 Å². The van der Waals surface area contributed by atoms with Crippen LogP contribution in [-0.2, 0) is 6.54 Å². The van der Waals surface area contributed by atoms with Crippen LogP contribution in [0.15, 0.2) is 18.2 Å². The zero-order chi connectivity index (χ0) is 13.7. The van der Waals surface area contributed by atoms with Crippen LogP contribution in [0.3, 0.4) is 0 Å². The molecule has 1 atom stereocenters. The van der Waals surface area contributed by atoms with E-state index in [1.165, 1.54) is 12.8 Å². The van der Waals surface area contributed by atoms with Gasteiger partial charge in [-0.3, -0.25) is 4.90 Å². The van der Waals surface area contributed by atoms with Crippen LogP contribution in [0.2, 0.25) is 0 Å². The van der Waals surface area contributed by atoms with E-state index >= 15 is 0 Å². The Morgan fingerprint density at radius 1 is 1.42 bits per heavy atom. The normalized spacial score (nSPS) is 19.9. The fourth-order valence-corrected chi connectivity index (χ4v) is 2.82. The molecule has 3 heteroatoms. The maximum atomic E-state index is 13.8. The highest BCUT2D eigenvalue weighted by molar-refractivity contribution is 5.24. The first kappa shape index (κ1) is 14.5. The predicted molar refractivity (Wildman–Crippen MR) is 77.7 cm³/mol. The minimum absolute atomic E-state index is 0.0779. The third kappa shape index (κ3) is 4.29. The molecule has 0 bridgehead atoms. The van der Waals surface area contributed by atoms with Gasteiger partial charge in [-0.05, 0) is 51.4 Å². The minimum atomic E-state index is -0.0779. The van der Waals surface area contributed by atoms with Crippen molar-refractivity contribution in [3.63, 3.8) is 0 Å². The van der Waals surface area contributed by atoms with Crippen molar-refractivity contribution >= 4 is 0 Å². The summed E-state index contributed by atoms with van der Waals surface area (Å²) in [5.41, 5.74) is 1.96. The van der Waals surface area contributed by atoms with Gasteiger partial charge < -0.3 is 5.32 Å². The Hall–Kier alpha value is -0.930. The molecule has 1 heterocycles. The Morgan fingerprint density at radius 3 is 2.95 bits per heavy atom. The summed E-state index contributed by atoms with van der Waals surface area (Å²) in [6.07, 6.45) is 2.56. The quantitative estimate of drug-likeness (QED) is 0.879. The van der Waals surface area contributed by atoms with Crippen LogP contribution in [0.25, 0.3) is 0 Å². The summed E-state index contributed by atoms with van der Waals surface area (Å²) >= 11 is 0. The molecule has 1 fully saturated rings. The molecular weight excluding hydrogens is 239 g/mol. The Labute approximate surface area is 116 Å². The summed E-state index contributed by atoms with van der Waals surface area (Å²) in [4.78, 5) is 2.36. The van der Waals surface area contributed by atoms with Crippen LogP contribution in [-0.4, -0.2) is 31.1 Å². The van der Waals surface area contributed by atoms with Crippen molar-refractivity contribution < 1.29 is 4.39 Å². The lowest BCUT2D eigenvalue weighted by Crippen LogP contribution is -2.38. The molecule has 0 saturated carbocycles. The summed E-state index contributed by atoms with van der Waals surface area (Å²) in [5, 5.41) is 3.45. The lowest BCUT2D eigenvalue weighted by molar-refractivity contribution is 0.207. The van der Waals surface area contributed by atoms with Gasteiger partial charge in [0.25, 0.3) is 0 Å². The first-order valence-corrected chi connectivity index (χ1v) is 7.37. The zero-order valence-electron chi connectivity index (χ0n) is 12.1. The van der Waals surface area contributed by atoms with Crippen LogP contribution >= 0.6 is 0 Å². The van der Waals surface area contributed by atoms with Gasteiger partial charge in [-0.25, -0.2) is 4.39 Å². The van der Waals surface area contributed by atoms with Crippen molar-refractivity contribution in [2.75, 3.05) is 26.2 Å². The molecule has 1 aromatic carbocycles. The molecule has 1 aliphatic rings. The lowest BCUT2D eigenvalue weighted by atomic mass is 9.98. The van der Waals surface area contributed by atoms with E-state index in [-0.39, 0.29) is 5.82 Å². The summed E-state index contributed by atoms with van der Waals surface area (Å²) in [6.45, 7) is 9.19. The molecule has 19 heavy (non-hydrogen) atoms. The number of hydrogen-bond acceptors (Lipinski definition) is 2. The molecule has 0 radical (unpaired) electrons. The highest BCUT2D eigenvalue weighted by atomic mass is 19.1. The zero-order valence-corrected chi connectivity index (χ0v) is 12.1. The molecule has 1 N–H and O–H groups in total. The predicted octanol–water partition coefficient (Wildman–Crippen LogP) is 2.96. The number of nitrogens with one attached hydrogen (secondary N) is 1. The average Bonchev–Trinajstić information content (AvgIpc) is 2.43. The molecule has 2 nitrogen and oxygen atoms in total. The molecule has 0 aliphatic carbocycles. The van der Waals surface area contributed by atoms with E-state index in [4.69, 9.17) is 0 Å². The van der Waals surface area contributed by atoms with E-state index in [0.717, 1.165) is 43.9 Å². The third-order valence-corrected chi connectivity index (χ3v) is 3.96. The van der Waals surface area contributed by atoms with Crippen molar-refractivity contribution in [3.05, 3.63) is 35.1 Å². The van der Waals surface area contributed by atoms with E-state index in [1.807, 2.05) is 19.1 Å². The van der Waals surface area contributed by atoms with Crippen molar-refractivity contribution in [1.82, 2.24) is 10.2 Å². The fraction of sp³-hybridized carbons (Fsp3) is 0.625. The van der Waals surface area contributed by atoms with Crippen molar-refractivity contribution in [3.8, 4) is 0 Å². The van der Waals surface area contributed by atoms with Gasteiger partial charge in [0.05, 0.1) is 0 Å². The lowest BCUT2D eigenvalue weighted by Gasteiger charge is -2.29. The SMILES string of the molecule is CCN(Cc1cc(C)ccc1F)CC1CCCNC1. The fourth-order valence-electron chi connectivity index (χ4n) is 2.82. The first-order chi connectivity index (χ1) is 9.19. The van der Waals surface area contributed by atoms with Crippen molar-refractivity contribution in [2.45, 2.75) is 33.2 Å². The maximum Gasteiger partial charge on any atom is 0.127 e. The molecular formula is C16H25FN2. The van der Waals surface area contributed by atoms with Crippen LogP contribution < -0.4 is 5.32 Å². The summed E-state index contributed by atoms with van der Waals surface area (Å²) < 4.78 is 13.8.